The highest BCUT2D eigenvalue weighted by Crippen LogP contribution is 2.29. The van der Waals surface area contributed by atoms with Crippen LogP contribution < -0.4 is 9.04 Å². The van der Waals surface area contributed by atoms with Gasteiger partial charge in [0.15, 0.2) is 0 Å². The predicted octanol–water partition coefficient (Wildman–Crippen LogP) is 2.34. The largest absolute Gasteiger partial charge is 0.495 e. The highest BCUT2D eigenvalue weighted by molar-refractivity contribution is 7.92. The van der Waals surface area contributed by atoms with E-state index in [-0.39, 0.29) is 11.7 Å². The summed E-state index contributed by atoms with van der Waals surface area (Å²) in [7, 11) is -0.352. The molecule has 0 aliphatic carbocycles. The molecule has 1 aromatic carbocycles. The molecule has 1 aromatic rings. The second-order valence-electron chi connectivity index (χ2n) is 4.18. The van der Waals surface area contributed by atoms with E-state index in [0.717, 1.165) is 0 Å². The van der Waals surface area contributed by atoms with Crippen molar-refractivity contribution in [2.45, 2.75) is 6.92 Å². The Morgan fingerprint density at radius 2 is 2.00 bits per heavy atom. The van der Waals surface area contributed by atoms with Crippen molar-refractivity contribution in [3.63, 3.8) is 0 Å². The number of benzene rings is 1. The molecule has 0 aliphatic heterocycles. The Balaban J connectivity index is 3.02. The second kappa shape index (κ2) is 6.29. The van der Waals surface area contributed by atoms with Gasteiger partial charge >= 0.3 is 0 Å². The Labute approximate surface area is 114 Å². The Morgan fingerprint density at radius 1 is 1.39 bits per heavy atom. The van der Waals surface area contributed by atoms with Crippen LogP contribution in [0.15, 0.2) is 24.3 Å². The summed E-state index contributed by atoms with van der Waals surface area (Å²) >= 11 is 5.66. The predicted molar refractivity (Wildman–Crippen MR) is 75.1 cm³/mol. The fraction of sp³-hybridized carbons (Fsp3) is 0.500. The van der Waals surface area contributed by atoms with E-state index in [1.807, 2.05) is 0 Å². The van der Waals surface area contributed by atoms with Gasteiger partial charge in [-0.25, -0.2) is 8.42 Å². The standard InChI is InChI=1S/C12H18ClNO3S/c1-10(8-13)9-18(15,16)14(2)11-6-4-5-7-12(11)17-3/h4-7,10H,8-9H2,1-3H3. The van der Waals surface area contributed by atoms with Crippen LogP contribution in [-0.4, -0.2) is 34.2 Å². The first-order valence-corrected chi connectivity index (χ1v) is 7.72. The van der Waals surface area contributed by atoms with Crippen LogP contribution in [0, 0.1) is 5.92 Å². The van der Waals surface area contributed by atoms with Gasteiger partial charge in [-0.1, -0.05) is 19.1 Å². The summed E-state index contributed by atoms with van der Waals surface area (Å²) in [5, 5.41) is 0. The van der Waals surface area contributed by atoms with E-state index in [0.29, 0.717) is 17.3 Å². The van der Waals surface area contributed by atoms with E-state index >= 15 is 0 Å². The molecule has 0 saturated carbocycles. The molecule has 0 aromatic heterocycles. The van der Waals surface area contributed by atoms with Crippen LogP contribution in [0.1, 0.15) is 6.92 Å². The van der Waals surface area contributed by atoms with E-state index in [2.05, 4.69) is 0 Å². The van der Waals surface area contributed by atoms with Crippen LogP contribution in [-0.2, 0) is 10.0 Å². The number of nitrogens with zero attached hydrogens (tertiary/aromatic N) is 1. The number of ether oxygens (including phenoxy) is 1. The third kappa shape index (κ3) is 3.53. The number of para-hydroxylation sites is 2. The highest BCUT2D eigenvalue weighted by Gasteiger charge is 2.23. The van der Waals surface area contributed by atoms with Crippen LogP contribution in [0.2, 0.25) is 0 Å². The first-order chi connectivity index (χ1) is 8.42. The van der Waals surface area contributed by atoms with Crippen LogP contribution >= 0.6 is 11.6 Å². The Morgan fingerprint density at radius 3 is 2.56 bits per heavy atom. The summed E-state index contributed by atoms with van der Waals surface area (Å²) in [5.74, 6) is 0.778. The van der Waals surface area contributed by atoms with Gasteiger partial charge in [-0.15, -0.1) is 11.6 Å². The number of alkyl halides is 1. The Bertz CT molecular complexity index is 490. The van der Waals surface area contributed by atoms with E-state index in [4.69, 9.17) is 16.3 Å². The fourth-order valence-corrected chi connectivity index (χ4v) is 3.31. The van der Waals surface area contributed by atoms with Gasteiger partial charge in [0.05, 0.1) is 18.6 Å². The molecule has 0 radical (unpaired) electrons. The maximum absolute atomic E-state index is 12.2. The number of sulfonamides is 1. The van der Waals surface area contributed by atoms with Crippen LogP contribution in [0.25, 0.3) is 0 Å². The average Bonchev–Trinajstić information content (AvgIpc) is 2.37. The maximum Gasteiger partial charge on any atom is 0.235 e. The number of hydrogen-bond acceptors (Lipinski definition) is 3. The maximum atomic E-state index is 12.2. The van der Waals surface area contributed by atoms with Crippen molar-refractivity contribution in [2.24, 2.45) is 5.92 Å². The number of halogens is 1. The van der Waals surface area contributed by atoms with Crippen molar-refractivity contribution in [3.05, 3.63) is 24.3 Å². The molecule has 18 heavy (non-hydrogen) atoms. The lowest BCUT2D eigenvalue weighted by Gasteiger charge is -2.22. The molecule has 1 rings (SSSR count). The lowest BCUT2D eigenvalue weighted by Crippen LogP contribution is -2.32. The van der Waals surface area contributed by atoms with Gasteiger partial charge in [0.25, 0.3) is 0 Å². The molecule has 0 bridgehead atoms. The van der Waals surface area contributed by atoms with Crippen molar-refractivity contribution < 1.29 is 13.2 Å². The number of methoxy groups -OCH3 is 1. The van der Waals surface area contributed by atoms with Crippen molar-refractivity contribution >= 4 is 27.3 Å². The third-order valence-corrected chi connectivity index (χ3v) is 5.15. The van der Waals surface area contributed by atoms with Crippen molar-refractivity contribution in [1.29, 1.82) is 0 Å². The molecule has 0 saturated heterocycles. The SMILES string of the molecule is COc1ccccc1N(C)S(=O)(=O)CC(C)CCl. The van der Waals surface area contributed by atoms with Gasteiger partial charge in [-0.3, -0.25) is 4.31 Å². The molecule has 1 unspecified atom stereocenters. The normalized spacial score (nSPS) is 13.1. The fourth-order valence-electron chi connectivity index (χ4n) is 1.56. The molecule has 6 heteroatoms. The van der Waals surface area contributed by atoms with Crippen molar-refractivity contribution in [2.75, 3.05) is 30.1 Å². The van der Waals surface area contributed by atoms with Gasteiger partial charge in [0.1, 0.15) is 5.75 Å². The molecule has 1 atom stereocenters. The van der Waals surface area contributed by atoms with Gasteiger partial charge in [0.2, 0.25) is 10.0 Å². The summed E-state index contributed by atoms with van der Waals surface area (Å²) < 4.78 is 30.8. The molecule has 4 nitrogen and oxygen atoms in total. The average molecular weight is 292 g/mol. The van der Waals surface area contributed by atoms with E-state index in [1.165, 1.54) is 18.5 Å². The zero-order valence-electron chi connectivity index (χ0n) is 10.8. The van der Waals surface area contributed by atoms with E-state index < -0.39 is 10.0 Å². The van der Waals surface area contributed by atoms with Crippen LogP contribution in [0.5, 0.6) is 5.75 Å². The lowest BCUT2D eigenvalue weighted by atomic mass is 10.3. The lowest BCUT2D eigenvalue weighted by molar-refractivity contribution is 0.416. The Kier molecular flexibility index (Phi) is 5.28. The quantitative estimate of drug-likeness (QED) is 0.756. The van der Waals surface area contributed by atoms with Crippen LogP contribution in [0.3, 0.4) is 0 Å². The van der Waals surface area contributed by atoms with Crippen molar-refractivity contribution in [1.82, 2.24) is 0 Å². The zero-order chi connectivity index (χ0) is 13.8. The van der Waals surface area contributed by atoms with Gasteiger partial charge < -0.3 is 4.74 Å². The van der Waals surface area contributed by atoms with E-state index in [1.54, 1.807) is 31.2 Å². The number of hydrogen-bond donors (Lipinski definition) is 0. The van der Waals surface area contributed by atoms with E-state index in [9.17, 15) is 8.42 Å². The molecule has 0 heterocycles. The third-order valence-electron chi connectivity index (χ3n) is 2.60. The summed E-state index contributed by atoms with van der Waals surface area (Å²) in [5.41, 5.74) is 0.529. The van der Waals surface area contributed by atoms with Crippen LogP contribution in [0.4, 0.5) is 5.69 Å². The molecule has 0 aliphatic rings. The topological polar surface area (TPSA) is 46.6 Å². The van der Waals surface area contributed by atoms with Gasteiger partial charge in [-0.05, 0) is 18.1 Å². The van der Waals surface area contributed by atoms with Gasteiger partial charge in [0, 0.05) is 12.9 Å². The molecule has 0 N–H and O–H groups in total. The molecule has 0 fully saturated rings. The highest BCUT2D eigenvalue weighted by atomic mass is 35.5. The minimum atomic E-state index is -3.39. The summed E-state index contributed by atoms with van der Waals surface area (Å²) in [6.45, 7) is 1.81. The second-order valence-corrected chi connectivity index (χ2v) is 6.53. The summed E-state index contributed by atoms with van der Waals surface area (Å²) in [4.78, 5) is 0. The number of anilines is 1. The molecule has 0 amide bonds. The zero-order valence-corrected chi connectivity index (χ0v) is 12.3. The molecule has 102 valence electrons. The molecular weight excluding hydrogens is 274 g/mol. The minimum absolute atomic E-state index is 0.0189. The molecular formula is C12H18ClNO3S. The van der Waals surface area contributed by atoms with Gasteiger partial charge in [-0.2, -0.15) is 0 Å². The first kappa shape index (κ1) is 15.1. The summed E-state index contributed by atoms with van der Waals surface area (Å²) in [6, 6.07) is 7.01. The number of rotatable bonds is 6. The minimum Gasteiger partial charge on any atom is -0.495 e. The van der Waals surface area contributed by atoms with Crippen molar-refractivity contribution in [3.8, 4) is 5.75 Å². The smallest absolute Gasteiger partial charge is 0.235 e. The molecule has 0 spiro atoms. The first-order valence-electron chi connectivity index (χ1n) is 5.58. The Hall–Kier alpha value is -0.940. The summed E-state index contributed by atoms with van der Waals surface area (Å²) in [6.07, 6.45) is 0. The monoisotopic (exact) mass is 291 g/mol.